The Morgan fingerprint density at radius 3 is 2.24 bits per heavy atom. The van der Waals surface area contributed by atoms with E-state index in [1.807, 2.05) is 0 Å². The first-order chi connectivity index (χ1) is 13.3. The second-order valence-corrected chi connectivity index (χ2v) is 6.89. The lowest BCUT2D eigenvalue weighted by molar-refractivity contribution is -0.274. The largest absolute Gasteiger partial charge is 0.573 e. The molecule has 29 heavy (non-hydrogen) atoms. The Morgan fingerprint density at radius 2 is 1.76 bits per heavy atom. The second-order valence-electron chi connectivity index (χ2n) is 6.89. The number of aryl methyl sites for hydroxylation is 1. The monoisotopic (exact) mass is 424 g/mol. The number of nitrogens with two attached hydrogens (primary N) is 1. The van der Waals surface area contributed by atoms with Gasteiger partial charge in [0, 0.05) is 5.92 Å². The van der Waals surface area contributed by atoms with Gasteiger partial charge in [0.1, 0.15) is 5.75 Å². The maximum Gasteiger partial charge on any atom is 0.573 e. The summed E-state index contributed by atoms with van der Waals surface area (Å²) >= 11 is 0. The minimum atomic E-state index is -4.79. The molecule has 3 atom stereocenters. The molecule has 5 N–H and O–H groups in total. The van der Waals surface area contributed by atoms with Gasteiger partial charge in [-0.3, -0.25) is 14.8 Å². The van der Waals surface area contributed by atoms with Crippen LogP contribution < -0.4 is 16.0 Å². The van der Waals surface area contributed by atoms with Crippen molar-refractivity contribution in [3.8, 4) is 5.75 Å². The topological polar surface area (TPSA) is 122 Å². The van der Waals surface area contributed by atoms with Gasteiger partial charge in [0.25, 0.3) is 5.91 Å². The van der Waals surface area contributed by atoms with Crippen LogP contribution in [0, 0.1) is 5.92 Å². The molecule has 3 unspecified atom stereocenters. The van der Waals surface area contributed by atoms with E-state index >= 15 is 0 Å². The van der Waals surface area contributed by atoms with E-state index in [9.17, 15) is 32.3 Å². The summed E-state index contributed by atoms with van der Waals surface area (Å²) in [7, 11) is 0. The Balaban J connectivity index is 2.59. The lowest BCUT2D eigenvalue weighted by Crippen LogP contribution is -2.38. The lowest BCUT2D eigenvalue weighted by atomic mass is 9.89. The first kappa shape index (κ1) is 24.6. The number of amides is 2. The van der Waals surface area contributed by atoms with Crippen molar-refractivity contribution in [3.63, 3.8) is 0 Å². The molecule has 1 aromatic rings. The van der Waals surface area contributed by atoms with Crippen molar-refractivity contribution in [1.82, 2.24) is 5.48 Å². The zero-order valence-corrected chi connectivity index (χ0v) is 15.7. The molecule has 7 nitrogen and oxygen atoms in total. The van der Waals surface area contributed by atoms with E-state index in [4.69, 9.17) is 10.9 Å². The molecule has 0 radical (unpaired) electrons. The van der Waals surface area contributed by atoms with Crippen LogP contribution >= 0.6 is 0 Å². The van der Waals surface area contributed by atoms with E-state index in [2.05, 4.69) is 4.74 Å². The highest BCUT2D eigenvalue weighted by Crippen LogP contribution is 2.25. The number of nitrogens with one attached hydrogen (secondary N) is 1. The second kappa shape index (κ2) is 10.4. The zero-order chi connectivity index (χ0) is 22.2. The fourth-order valence-corrected chi connectivity index (χ4v) is 2.65. The summed E-state index contributed by atoms with van der Waals surface area (Å²) in [4.78, 5) is 22.8. The molecule has 1 aromatic carbocycles. The average molecular weight is 424 g/mol. The average Bonchev–Trinajstić information content (AvgIpc) is 2.62. The maximum absolute atomic E-state index is 14.0. The number of carbonyl (C=O) groups is 2. The van der Waals surface area contributed by atoms with Crippen molar-refractivity contribution in [2.24, 2.45) is 11.7 Å². The van der Waals surface area contributed by atoms with Crippen molar-refractivity contribution in [1.29, 1.82) is 0 Å². The predicted octanol–water partition coefficient (Wildman–Crippen LogP) is 2.38. The van der Waals surface area contributed by atoms with Crippen LogP contribution in [-0.2, 0) is 16.0 Å². The summed E-state index contributed by atoms with van der Waals surface area (Å²) in [6, 6.07) is 5.10. The summed E-state index contributed by atoms with van der Waals surface area (Å²) in [5, 5.41) is 19.0. The number of aliphatic hydroxyl groups excluding tert-OH is 1. The van der Waals surface area contributed by atoms with Gasteiger partial charge in [-0.1, -0.05) is 12.1 Å². The van der Waals surface area contributed by atoms with E-state index in [1.165, 1.54) is 17.6 Å². The Morgan fingerprint density at radius 1 is 1.17 bits per heavy atom. The standard InChI is InChI=1S/C18H24F4N2O5/c1-17(19,16(23)27)9-8-12(15(26)24-28)10-13(25)5-2-11-3-6-14(7-4-11)29-18(20,21)22/h3-4,6-7,12-13,25,28H,2,5,8-10H2,1H3,(H2,23,27)(H,24,26). The summed E-state index contributed by atoms with van der Waals surface area (Å²) < 4.78 is 54.1. The molecule has 0 aliphatic heterocycles. The fourth-order valence-electron chi connectivity index (χ4n) is 2.65. The molecule has 164 valence electrons. The molecular formula is C18H24F4N2O5. The van der Waals surface area contributed by atoms with E-state index in [1.54, 1.807) is 0 Å². The number of ether oxygens (including phenoxy) is 1. The SMILES string of the molecule is CC(F)(CCC(CC(O)CCc1ccc(OC(F)(F)F)cc1)C(=O)NO)C(N)=O. The Labute approximate surface area is 164 Å². The molecule has 0 aliphatic rings. The minimum Gasteiger partial charge on any atom is -0.406 e. The molecule has 0 aromatic heterocycles. The molecule has 0 fully saturated rings. The number of aliphatic hydroxyl groups is 1. The predicted molar refractivity (Wildman–Crippen MR) is 93.4 cm³/mol. The first-order valence-corrected chi connectivity index (χ1v) is 8.79. The zero-order valence-electron chi connectivity index (χ0n) is 15.7. The first-order valence-electron chi connectivity index (χ1n) is 8.79. The third kappa shape index (κ3) is 9.09. The van der Waals surface area contributed by atoms with Crippen molar-refractivity contribution in [3.05, 3.63) is 29.8 Å². The van der Waals surface area contributed by atoms with Gasteiger partial charge in [-0.15, -0.1) is 13.2 Å². The lowest BCUT2D eigenvalue weighted by Gasteiger charge is -2.22. The van der Waals surface area contributed by atoms with Crippen molar-refractivity contribution < 1.29 is 42.2 Å². The van der Waals surface area contributed by atoms with E-state index in [-0.39, 0.29) is 31.4 Å². The quantitative estimate of drug-likeness (QED) is 0.247. The third-order valence-electron chi connectivity index (χ3n) is 4.44. The van der Waals surface area contributed by atoms with Crippen molar-refractivity contribution in [2.75, 3.05) is 0 Å². The van der Waals surface area contributed by atoms with Crippen LogP contribution in [0.2, 0.25) is 0 Å². The smallest absolute Gasteiger partial charge is 0.406 e. The number of alkyl halides is 4. The van der Waals surface area contributed by atoms with Gasteiger partial charge in [-0.05, 0) is 56.7 Å². The number of primary amides is 1. The highest BCUT2D eigenvalue weighted by molar-refractivity contribution is 5.83. The number of benzene rings is 1. The molecule has 0 saturated heterocycles. The van der Waals surface area contributed by atoms with Crippen LogP contribution in [0.15, 0.2) is 24.3 Å². The van der Waals surface area contributed by atoms with Crippen LogP contribution in [0.4, 0.5) is 17.6 Å². The van der Waals surface area contributed by atoms with Crippen LogP contribution in [0.1, 0.15) is 38.2 Å². The van der Waals surface area contributed by atoms with Gasteiger partial charge < -0.3 is 15.6 Å². The van der Waals surface area contributed by atoms with Crippen LogP contribution in [0.5, 0.6) is 5.75 Å². The Bertz CT molecular complexity index is 680. The number of hydrogen-bond acceptors (Lipinski definition) is 5. The van der Waals surface area contributed by atoms with Gasteiger partial charge in [0.05, 0.1) is 6.10 Å². The molecular weight excluding hydrogens is 400 g/mol. The Kier molecular flexibility index (Phi) is 8.83. The molecule has 0 saturated carbocycles. The van der Waals surface area contributed by atoms with Gasteiger partial charge in [-0.25, -0.2) is 9.87 Å². The summed E-state index contributed by atoms with van der Waals surface area (Å²) in [5.41, 5.74) is 4.68. The highest BCUT2D eigenvalue weighted by atomic mass is 19.4. The number of rotatable bonds is 11. The molecule has 0 heterocycles. The van der Waals surface area contributed by atoms with Crippen molar-refractivity contribution >= 4 is 11.8 Å². The molecule has 0 aliphatic carbocycles. The fraction of sp³-hybridized carbons (Fsp3) is 0.556. The van der Waals surface area contributed by atoms with E-state index in [0.717, 1.165) is 19.1 Å². The van der Waals surface area contributed by atoms with Gasteiger partial charge in [0.15, 0.2) is 5.67 Å². The molecule has 0 spiro atoms. The van der Waals surface area contributed by atoms with E-state index in [0.29, 0.717) is 12.0 Å². The number of hydrogen-bond donors (Lipinski definition) is 4. The summed E-state index contributed by atoms with van der Waals surface area (Å²) in [5.74, 6) is -3.35. The van der Waals surface area contributed by atoms with Crippen LogP contribution in [0.25, 0.3) is 0 Å². The summed E-state index contributed by atoms with van der Waals surface area (Å²) in [6.07, 6.45) is -5.96. The normalized spacial score (nSPS) is 15.8. The highest BCUT2D eigenvalue weighted by Gasteiger charge is 2.33. The molecule has 1 rings (SSSR count). The van der Waals surface area contributed by atoms with E-state index < -0.39 is 35.9 Å². The van der Waals surface area contributed by atoms with Gasteiger partial charge in [0.2, 0.25) is 5.91 Å². The van der Waals surface area contributed by atoms with Crippen molar-refractivity contribution in [2.45, 2.75) is 57.2 Å². The summed E-state index contributed by atoms with van der Waals surface area (Å²) in [6.45, 7) is 0.978. The van der Waals surface area contributed by atoms with Crippen LogP contribution in [0.3, 0.4) is 0 Å². The van der Waals surface area contributed by atoms with Crippen LogP contribution in [-0.4, -0.2) is 40.3 Å². The third-order valence-corrected chi connectivity index (χ3v) is 4.44. The van der Waals surface area contributed by atoms with Gasteiger partial charge in [-0.2, -0.15) is 0 Å². The molecule has 11 heteroatoms. The van der Waals surface area contributed by atoms with Gasteiger partial charge >= 0.3 is 6.36 Å². The minimum absolute atomic E-state index is 0.115. The molecule has 0 bridgehead atoms. The molecule has 2 amide bonds. The number of carbonyl (C=O) groups excluding carboxylic acids is 2. The Hall–Kier alpha value is -2.40. The maximum atomic E-state index is 14.0. The number of halogens is 4. The number of hydroxylamine groups is 1.